The van der Waals surface area contributed by atoms with Gasteiger partial charge in [-0.1, -0.05) is 36.4 Å². The highest BCUT2D eigenvalue weighted by Crippen LogP contribution is 2.31. The van der Waals surface area contributed by atoms with Crippen molar-refractivity contribution in [3.05, 3.63) is 65.9 Å². The molecule has 150 valence electrons. The molecule has 0 saturated heterocycles. The van der Waals surface area contributed by atoms with Crippen molar-refractivity contribution in [1.29, 1.82) is 0 Å². The zero-order valence-corrected chi connectivity index (χ0v) is 17.2. The molecule has 2 N–H and O–H groups in total. The first-order valence-corrected chi connectivity index (χ1v) is 10.6. The molecule has 1 aromatic heterocycles. The molecule has 4 nitrogen and oxygen atoms in total. The number of hydrogen-bond acceptors (Lipinski definition) is 3. The molecule has 1 aliphatic carbocycles. The lowest BCUT2D eigenvalue weighted by Crippen LogP contribution is -2.29. The molecule has 1 amide bonds. The molecule has 3 aromatic rings. The van der Waals surface area contributed by atoms with E-state index in [0.29, 0.717) is 5.92 Å². The second-order valence-electron chi connectivity index (χ2n) is 8.23. The first-order valence-electron chi connectivity index (χ1n) is 10.6. The van der Waals surface area contributed by atoms with Gasteiger partial charge in [0.15, 0.2) is 0 Å². The minimum absolute atomic E-state index is 0.121. The lowest BCUT2D eigenvalue weighted by molar-refractivity contribution is -0.121. The molecule has 0 bridgehead atoms. The zero-order valence-electron chi connectivity index (χ0n) is 17.2. The van der Waals surface area contributed by atoms with Crippen molar-refractivity contribution in [3.63, 3.8) is 0 Å². The molecule has 1 saturated carbocycles. The van der Waals surface area contributed by atoms with E-state index in [4.69, 9.17) is 0 Å². The number of hydrogen-bond donors (Lipinski definition) is 2. The van der Waals surface area contributed by atoms with Gasteiger partial charge >= 0.3 is 0 Å². The van der Waals surface area contributed by atoms with Gasteiger partial charge in [0.25, 0.3) is 0 Å². The van der Waals surface area contributed by atoms with Crippen LogP contribution in [0.3, 0.4) is 0 Å². The van der Waals surface area contributed by atoms with Gasteiger partial charge in [0, 0.05) is 35.4 Å². The van der Waals surface area contributed by atoms with Crippen molar-refractivity contribution >= 4 is 28.2 Å². The zero-order chi connectivity index (χ0) is 20.2. The van der Waals surface area contributed by atoms with E-state index >= 15 is 0 Å². The van der Waals surface area contributed by atoms with E-state index < -0.39 is 0 Å². The van der Waals surface area contributed by atoms with E-state index in [-0.39, 0.29) is 11.8 Å². The molecule has 29 heavy (non-hydrogen) atoms. The Morgan fingerprint density at radius 2 is 1.69 bits per heavy atom. The van der Waals surface area contributed by atoms with Crippen LogP contribution >= 0.6 is 0 Å². The molecule has 0 aliphatic heterocycles. The quantitative estimate of drug-likeness (QED) is 0.590. The minimum Gasteiger partial charge on any atom is -0.384 e. The Balaban J connectivity index is 1.31. The van der Waals surface area contributed by atoms with Gasteiger partial charge in [-0.05, 0) is 68.7 Å². The highest BCUT2D eigenvalue weighted by Gasteiger charge is 2.26. The molecule has 1 fully saturated rings. The van der Waals surface area contributed by atoms with Crippen LogP contribution in [0.2, 0.25) is 0 Å². The summed E-state index contributed by atoms with van der Waals surface area (Å²) in [5.74, 6) is 0.891. The fraction of sp³-hybridized carbons (Fsp3) is 0.360. The van der Waals surface area contributed by atoms with Crippen LogP contribution in [0.25, 0.3) is 10.9 Å². The largest absolute Gasteiger partial charge is 0.384 e. The maximum Gasteiger partial charge on any atom is 0.227 e. The third-order valence-electron chi connectivity index (χ3n) is 6.17. The van der Waals surface area contributed by atoms with Crippen LogP contribution < -0.4 is 10.6 Å². The SMILES string of the molecule is Cc1ccccc1NC(=O)[C@H]1CC[C@H](CNc2ccnc3c(C)cccc23)CC1. The number of pyridine rings is 1. The van der Waals surface area contributed by atoms with E-state index in [2.05, 4.69) is 46.8 Å². The van der Waals surface area contributed by atoms with Crippen molar-refractivity contribution in [1.82, 2.24) is 4.98 Å². The lowest BCUT2D eigenvalue weighted by atomic mass is 9.81. The fourth-order valence-corrected chi connectivity index (χ4v) is 4.31. The van der Waals surface area contributed by atoms with Crippen LogP contribution in [-0.2, 0) is 4.79 Å². The van der Waals surface area contributed by atoms with Crippen LogP contribution in [-0.4, -0.2) is 17.4 Å². The van der Waals surface area contributed by atoms with Crippen molar-refractivity contribution in [2.24, 2.45) is 11.8 Å². The van der Waals surface area contributed by atoms with E-state index in [9.17, 15) is 4.79 Å². The van der Waals surface area contributed by atoms with Crippen molar-refractivity contribution < 1.29 is 4.79 Å². The average Bonchev–Trinajstić information content (AvgIpc) is 2.74. The van der Waals surface area contributed by atoms with Crippen LogP contribution in [0.4, 0.5) is 11.4 Å². The molecular weight excluding hydrogens is 358 g/mol. The number of anilines is 2. The van der Waals surface area contributed by atoms with Gasteiger partial charge in [0.2, 0.25) is 5.91 Å². The molecule has 0 radical (unpaired) electrons. The summed E-state index contributed by atoms with van der Waals surface area (Å²) in [6.45, 7) is 5.07. The van der Waals surface area contributed by atoms with E-state index in [1.54, 1.807) is 0 Å². The Hall–Kier alpha value is -2.88. The first kappa shape index (κ1) is 19.4. The lowest BCUT2D eigenvalue weighted by Gasteiger charge is -2.28. The summed E-state index contributed by atoms with van der Waals surface area (Å²) >= 11 is 0. The van der Waals surface area contributed by atoms with Crippen molar-refractivity contribution in [2.75, 3.05) is 17.2 Å². The van der Waals surface area contributed by atoms with E-state index in [0.717, 1.165) is 54.7 Å². The maximum absolute atomic E-state index is 12.7. The van der Waals surface area contributed by atoms with Gasteiger partial charge in [-0.3, -0.25) is 9.78 Å². The molecule has 0 atom stereocenters. The van der Waals surface area contributed by atoms with Gasteiger partial charge < -0.3 is 10.6 Å². The molecular formula is C25H29N3O. The third kappa shape index (κ3) is 4.42. The Bertz CT molecular complexity index is 1010. The number of fused-ring (bicyclic) bond motifs is 1. The van der Waals surface area contributed by atoms with Crippen LogP contribution in [0.5, 0.6) is 0 Å². The first-order chi connectivity index (χ1) is 14.1. The summed E-state index contributed by atoms with van der Waals surface area (Å²) in [6, 6.07) is 16.3. The van der Waals surface area contributed by atoms with Crippen molar-refractivity contribution in [3.8, 4) is 0 Å². The summed E-state index contributed by atoms with van der Waals surface area (Å²) in [4.78, 5) is 17.2. The molecule has 2 aromatic carbocycles. The van der Waals surface area contributed by atoms with Crippen LogP contribution in [0, 0.1) is 25.7 Å². The molecule has 0 unspecified atom stereocenters. The Morgan fingerprint density at radius 1 is 0.931 bits per heavy atom. The Labute approximate surface area is 172 Å². The number of benzene rings is 2. The maximum atomic E-state index is 12.7. The monoisotopic (exact) mass is 387 g/mol. The number of aromatic nitrogens is 1. The van der Waals surface area contributed by atoms with Crippen LogP contribution in [0.15, 0.2) is 54.7 Å². The van der Waals surface area contributed by atoms with Gasteiger partial charge in [0.1, 0.15) is 0 Å². The smallest absolute Gasteiger partial charge is 0.227 e. The summed E-state index contributed by atoms with van der Waals surface area (Å²) in [6.07, 6.45) is 5.97. The standard InChI is InChI=1S/C25H29N3O/c1-17-6-3-4-9-22(17)28-25(29)20-12-10-19(11-13-20)16-27-23-14-15-26-24-18(2)7-5-8-21(23)24/h3-9,14-15,19-20H,10-13,16H2,1-2H3,(H,26,27)(H,28,29)/t19-,20-. The number of carbonyl (C=O) groups is 1. The Kier molecular flexibility index (Phi) is 5.79. The highest BCUT2D eigenvalue weighted by molar-refractivity contribution is 5.93. The topological polar surface area (TPSA) is 54.0 Å². The number of nitrogens with zero attached hydrogens (tertiary/aromatic N) is 1. The predicted octanol–water partition coefficient (Wildman–Crippen LogP) is 5.71. The Morgan fingerprint density at radius 3 is 2.48 bits per heavy atom. The van der Waals surface area contributed by atoms with Gasteiger partial charge in [0.05, 0.1) is 5.52 Å². The second-order valence-corrected chi connectivity index (χ2v) is 8.23. The second kappa shape index (κ2) is 8.64. The fourth-order valence-electron chi connectivity index (χ4n) is 4.31. The summed E-state index contributed by atoms with van der Waals surface area (Å²) in [5, 5.41) is 7.93. The molecule has 0 spiro atoms. The number of rotatable bonds is 5. The number of carbonyl (C=O) groups excluding carboxylic acids is 1. The number of nitrogens with one attached hydrogen (secondary N) is 2. The normalized spacial score (nSPS) is 19.1. The van der Waals surface area contributed by atoms with Gasteiger partial charge in [-0.2, -0.15) is 0 Å². The summed E-state index contributed by atoms with van der Waals surface area (Å²) in [5.41, 5.74) is 5.46. The minimum atomic E-state index is 0.121. The number of para-hydroxylation sites is 2. The van der Waals surface area contributed by atoms with Crippen LogP contribution in [0.1, 0.15) is 36.8 Å². The van der Waals surface area contributed by atoms with E-state index in [1.807, 2.05) is 37.4 Å². The van der Waals surface area contributed by atoms with Gasteiger partial charge in [-0.25, -0.2) is 0 Å². The molecule has 4 heteroatoms. The molecule has 1 heterocycles. The average molecular weight is 388 g/mol. The summed E-state index contributed by atoms with van der Waals surface area (Å²) < 4.78 is 0. The summed E-state index contributed by atoms with van der Waals surface area (Å²) in [7, 11) is 0. The van der Waals surface area contributed by atoms with Crippen molar-refractivity contribution in [2.45, 2.75) is 39.5 Å². The molecule has 1 aliphatic rings. The predicted molar refractivity (Wildman–Crippen MR) is 120 cm³/mol. The third-order valence-corrected chi connectivity index (χ3v) is 6.17. The molecule has 4 rings (SSSR count). The number of amides is 1. The number of aryl methyl sites for hydroxylation is 2. The highest BCUT2D eigenvalue weighted by atomic mass is 16.1. The van der Waals surface area contributed by atoms with Gasteiger partial charge in [-0.15, -0.1) is 0 Å². The van der Waals surface area contributed by atoms with E-state index in [1.165, 1.54) is 10.9 Å².